The zero-order valence-electron chi connectivity index (χ0n) is 7.25. The Balaban J connectivity index is 2.57. The van der Waals surface area contributed by atoms with Gasteiger partial charge in [-0.2, -0.15) is 0 Å². The molecule has 2 aromatic heterocycles. The first kappa shape index (κ1) is 7.32. The first-order valence-corrected chi connectivity index (χ1v) is 4.26. The average molecular weight is 185 g/mol. The van der Waals surface area contributed by atoms with Crippen LogP contribution >= 0.6 is 0 Å². The molecule has 0 saturated carbocycles. The lowest BCUT2D eigenvalue weighted by Gasteiger charge is -1.99. The number of nitrogens with zero attached hydrogens (tertiary/aromatic N) is 3. The molecular weight excluding hydrogens is 178 g/mol. The first-order valence-electron chi connectivity index (χ1n) is 4.26. The molecule has 0 fully saturated rings. The van der Waals surface area contributed by atoms with Crippen molar-refractivity contribution in [2.75, 3.05) is 0 Å². The summed E-state index contributed by atoms with van der Waals surface area (Å²) in [6.07, 6.45) is 3.53. The highest BCUT2D eigenvalue weighted by Gasteiger charge is 2.02. The minimum Gasteiger partial charge on any atom is -0.508 e. The molecule has 3 aromatic rings. The fraction of sp³-hybridized carbons (Fsp3) is 0. The molecule has 0 bridgehead atoms. The topological polar surface area (TPSA) is 50.4 Å². The molecule has 0 atom stereocenters. The summed E-state index contributed by atoms with van der Waals surface area (Å²) in [7, 11) is 0. The van der Waals surface area contributed by atoms with E-state index in [0.717, 1.165) is 16.4 Å². The summed E-state index contributed by atoms with van der Waals surface area (Å²) in [6.45, 7) is 0. The van der Waals surface area contributed by atoms with Crippen molar-refractivity contribution in [3.8, 4) is 5.75 Å². The van der Waals surface area contributed by atoms with Crippen LogP contribution in [0, 0.1) is 0 Å². The fourth-order valence-corrected chi connectivity index (χ4v) is 1.60. The van der Waals surface area contributed by atoms with Gasteiger partial charge in [0.1, 0.15) is 12.1 Å². The molecule has 0 amide bonds. The second-order valence-corrected chi connectivity index (χ2v) is 3.15. The Labute approximate surface area is 79.4 Å². The first-order chi connectivity index (χ1) is 6.84. The van der Waals surface area contributed by atoms with Crippen LogP contribution in [0.5, 0.6) is 5.75 Å². The lowest BCUT2D eigenvalue weighted by molar-refractivity contribution is 0.476. The van der Waals surface area contributed by atoms with Crippen molar-refractivity contribution >= 4 is 16.4 Å². The van der Waals surface area contributed by atoms with Crippen molar-refractivity contribution < 1.29 is 5.11 Å². The van der Waals surface area contributed by atoms with E-state index in [-0.39, 0.29) is 5.75 Å². The highest BCUT2D eigenvalue weighted by molar-refractivity contribution is 5.94. The van der Waals surface area contributed by atoms with Crippen molar-refractivity contribution in [1.29, 1.82) is 0 Å². The third kappa shape index (κ3) is 0.877. The van der Waals surface area contributed by atoms with Gasteiger partial charge in [-0.05, 0) is 29.7 Å². The van der Waals surface area contributed by atoms with Gasteiger partial charge in [0.15, 0.2) is 5.65 Å². The number of benzene rings is 1. The van der Waals surface area contributed by atoms with Crippen LogP contribution in [0.25, 0.3) is 16.4 Å². The van der Waals surface area contributed by atoms with Crippen molar-refractivity contribution in [3.63, 3.8) is 0 Å². The molecule has 68 valence electrons. The highest BCUT2D eigenvalue weighted by atomic mass is 16.3. The molecule has 0 aliphatic rings. The number of phenolic OH excluding ortho intramolecular Hbond substituents is 1. The Morgan fingerprint density at radius 3 is 3.07 bits per heavy atom. The third-order valence-corrected chi connectivity index (χ3v) is 2.26. The van der Waals surface area contributed by atoms with Crippen LogP contribution in [-0.2, 0) is 0 Å². The highest BCUT2D eigenvalue weighted by Crippen LogP contribution is 2.22. The fourth-order valence-electron chi connectivity index (χ4n) is 1.60. The van der Waals surface area contributed by atoms with Crippen LogP contribution in [0.15, 0.2) is 36.8 Å². The lowest BCUT2D eigenvalue weighted by atomic mass is 10.1. The summed E-state index contributed by atoms with van der Waals surface area (Å²) in [5.74, 6) is 0.265. The van der Waals surface area contributed by atoms with Gasteiger partial charge >= 0.3 is 0 Å². The van der Waals surface area contributed by atoms with Crippen LogP contribution in [-0.4, -0.2) is 19.7 Å². The van der Waals surface area contributed by atoms with Crippen LogP contribution in [0.2, 0.25) is 0 Å². The van der Waals surface area contributed by atoms with Gasteiger partial charge in [-0.15, -0.1) is 10.2 Å². The van der Waals surface area contributed by atoms with Gasteiger partial charge in [0.25, 0.3) is 0 Å². The van der Waals surface area contributed by atoms with E-state index >= 15 is 0 Å². The Morgan fingerprint density at radius 1 is 1.21 bits per heavy atom. The smallest absolute Gasteiger partial charge is 0.168 e. The van der Waals surface area contributed by atoms with Gasteiger partial charge in [0, 0.05) is 11.6 Å². The van der Waals surface area contributed by atoms with Gasteiger partial charge in [-0.25, -0.2) is 0 Å². The summed E-state index contributed by atoms with van der Waals surface area (Å²) in [4.78, 5) is 0. The normalized spacial score (nSPS) is 11.1. The molecular formula is C10H7N3O. The second kappa shape index (κ2) is 2.45. The lowest BCUT2D eigenvalue weighted by Crippen LogP contribution is -1.83. The number of fused-ring (bicyclic) bond motifs is 3. The van der Waals surface area contributed by atoms with Gasteiger partial charge in [0.2, 0.25) is 0 Å². The Morgan fingerprint density at radius 2 is 2.14 bits per heavy atom. The van der Waals surface area contributed by atoms with E-state index in [1.807, 2.05) is 22.7 Å². The quantitative estimate of drug-likeness (QED) is 0.578. The largest absolute Gasteiger partial charge is 0.508 e. The maximum Gasteiger partial charge on any atom is 0.168 e. The number of aromatic hydroxyl groups is 1. The molecule has 1 aromatic carbocycles. The zero-order valence-corrected chi connectivity index (χ0v) is 7.25. The number of rotatable bonds is 0. The van der Waals surface area contributed by atoms with Crippen molar-refractivity contribution in [3.05, 3.63) is 36.8 Å². The Kier molecular flexibility index (Phi) is 1.28. The van der Waals surface area contributed by atoms with Crippen molar-refractivity contribution in [1.82, 2.24) is 14.6 Å². The average Bonchev–Trinajstić information content (AvgIpc) is 2.65. The molecule has 0 aliphatic carbocycles. The van der Waals surface area contributed by atoms with E-state index in [0.29, 0.717) is 0 Å². The van der Waals surface area contributed by atoms with Crippen LogP contribution in [0.4, 0.5) is 0 Å². The molecule has 2 heterocycles. The monoisotopic (exact) mass is 185 g/mol. The number of aromatic nitrogens is 3. The van der Waals surface area contributed by atoms with Crippen molar-refractivity contribution in [2.24, 2.45) is 0 Å². The molecule has 0 unspecified atom stereocenters. The third-order valence-electron chi connectivity index (χ3n) is 2.26. The van der Waals surface area contributed by atoms with Gasteiger partial charge in [0.05, 0.1) is 0 Å². The van der Waals surface area contributed by atoms with E-state index in [4.69, 9.17) is 0 Å². The molecule has 1 N–H and O–H groups in total. The van der Waals surface area contributed by atoms with Gasteiger partial charge in [-0.1, -0.05) is 0 Å². The van der Waals surface area contributed by atoms with E-state index in [1.54, 1.807) is 18.5 Å². The number of hydrogen-bond acceptors (Lipinski definition) is 3. The summed E-state index contributed by atoms with van der Waals surface area (Å²) in [6, 6.07) is 7.13. The predicted molar refractivity (Wildman–Crippen MR) is 52.2 cm³/mol. The number of pyridine rings is 1. The summed E-state index contributed by atoms with van der Waals surface area (Å²) in [5, 5.41) is 19.1. The molecule has 0 saturated heterocycles. The second-order valence-electron chi connectivity index (χ2n) is 3.15. The minimum atomic E-state index is 0.265. The zero-order chi connectivity index (χ0) is 9.54. The van der Waals surface area contributed by atoms with E-state index < -0.39 is 0 Å². The minimum absolute atomic E-state index is 0.265. The molecule has 3 rings (SSSR count). The molecule has 14 heavy (non-hydrogen) atoms. The maximum absolute atomic E-state index is 9.31. The maximum atomic E-state index is 9.31. The molecule has 0 radical (unpaired) electrons. The number of phenols is 1. The van der Waals surface area contributed by atoms with Crippen molar-refractivity contribution in [2.45, 2.75) is 0 Å². The Hall–Kier alpha value is -2.10. The SMILES string of the molecule is Oc1ccc2c(ccn3cnnc23)c1. The molecule has 4 heteroatoms. The van der Waals surface area contributed by atoms with Gasteiger partial charge < -0.3 is 5.11 Å². The van der Waals surface area contributed by atoms with E-state index in [2.05, 4.69) is 10.2 Å². The molecule has 0 aliphatic heterocycles. The Bertz CT molecular complexity index is 615. The molecule has 4 nitrogen and oxygen atoms in total. The molecule has 0 spiro atoms. The van der Waals surface area contributed by atoms with Crippen LogP contribution in [0.3, 0.4) is 0 Å². The predicted octanol–water partition coefficient (Wildman–Crippen LogP) is 1.59. The standard InChI is InChI=1S/C10H7N3O/c14-8-1-2-9-7(5-8)3-4-13-6-11-12-10(9)13/h1-6,14H. The number of hydrogen-bond donors (Lipinski definition) is 1. The van der Waals surface area contributed by atoms with Gasteiger partial charge in [-0.3, -0.25) is 4.40 Å². The van der Waals surface area contributed by atoms with E-state index in [9.17, 15) is 5.11 Å². The van der Waals surface area contributed by atoms with Crippen LogP contribution in [0.1, 0.15) is 0 Å². The van der Waals surface area contributed by atoms with Crippen LogP contribution < -0.4 is 0 Å². The summed E-state index contributed by atoms with van der Waals surface area (Å²) >= 11 is 0. The summed E-state index contributed by atoms with van der Waals surface area (Å²) < 4.78 is 1.85. The van der Waals surface area contributed by atoms with E-state index in [1.165, 1.54) is 0 Å². The summed E-state index contributed by atoms with van der Waals surface area (Å²) in [5.41, 5.74) is 0.808.